The van der Waals surface area contributed by atoms with Gasteiger partial charge in [-0.05, 0) is 36.8 Å². The van der Waals surface area contributed by atoms with Gasteiger partial charge in [0, 0.05) is 10.2 Å². The van der Waals surface area contributed by atoms with E-state index in [0.717, 1.165) is 10.2 Å². The normalized spacial score (nSPS) is 12.0. The Kier molecular flexibility index (Phi) is 6.63. The highest BCUT2D eigenvalue weighted by molar-refractivity contribution is 9.10. The number of halogens is 3. The van der Waals surface area contributed by atoms with Gasteiger partial charge in [0.05, 0.1) is 21.0 Å². The molecule has 0 radical (unpaired) electrons. The van der Waals surface area contributed by atoms with Gasteiger partial charge in [-0.3, -0.25) is 4.79 Å². The summed E-state index contributed by atoms with van der Waals surface area (Å²) in [6.07, 6.45) is 0. The number of hydrogen-bond acceptors (Lipinski definition) is 2. The van der Waals surface area contributed by atoms with Gasteiger partial charge < -0.3 is 5.32 Å². The minimum atomic E-state index is -0.212. The third-order valence-corrected chi connectivity index (χ3v) is 5.37. The number of hydrogen-bond donors (Lipinski definition) is 1. The van der Waals surface area contributed by atoms with Gasteiger partial charge in [-0.25, -0.2) is 0 Å². The summed E-state index contributed by atoms with van der Waals surface area (Å²) in [7, 11) is 0. The van der Waals surface area contributed by atoms with Crippen molar-refractivity contribution in [1.29, 1.82) is 0 Å². The van der Waals surface area contributed by atoms with E-state index in [-0.39, 0.29) is 11.2 Å². The van der Waals surface area contributed by atoms with Gasteiger partial charge in [0.2, 0.25) is 5.91 Å². The lowest BCUT2D eigenvalue weighted by Crippen LogP contribution is -2.23. The van der Waals surface area contributed by atoms with Gasteiger partial charge in [0.25, 0.3) is 0 Å². The van der Waals surface area contributed by atoms with Crippen molar-refractivity contribution >= 4 is 62.5 Å². The molecule has 0 fully saturated rings. The number of rotatable bonds is 5. The lowest BCUT2D eigenvalue weighted by Gasteiger charge is -2.14. The van der Waals surface area contributed by atoms with Crippen LogP contribution in [0.5, 0.6) is 0 Å². The molecule has 0 aliphatic heterocycles. The van der Waals surface area contributed by atoms with E-state index in [1.54, 1.807) is 30.0 Å². The largest absolute Gasteiger partial charge is 0.323 e. The number of benzene rings is 2. The fraction of sp³-hybridized carbons (Fsp3) is 0.188. The van der Waals surface area contributed by atoms with Crippen LogP contribution in [0.15, 0.2) is 46.9 Å². The van der Waals surface area contributed by atoms with Crippen molar-refractivity contribution in [3.63, 3.8) is 0 Å². The van der Waals surface area contributed by atoms with E-state index in [1.165, 1.54) is 5.56 Å². The lowest BCUT2D eigenvalue weighted by atomic mass is 10.2. The molecule has 1 unspecified atom stereocenters. The molecule has 0 saturated heterocycles. The highest BCUT2D eigenvalue weighted by atomic mass is 79.9. The van der Waals surface area contributed by atoms with E-state index in [1.807, 2.05) is 31.2 Å². The molecule has 22 heavy (non-hydrogen) atoms. The molecule has 6 heteroatoms. The maximum atomic E-state index is 12.2. The Balaban J connectivity index is 1.93. The van der Waals surface area contributed by atoms with Crippen LogP contribution in [0, 0.1) is 0 Å². The Labute approximate surface area is 152 Å². The number of carbonyl (C=O) groups is 1. The van der Waals surface area contributed by atoms with Gasteiger partial charge in [-0.2, -0.15) is 0 Å². The van der Waals surface area contributed by atoms with Crippen molar-refractivity contribution in [2.75, 3.05) is 5.32 Å². The Morgan fingerprint density at radius 3 is 2.36 bits per heavy atom. The van der Waals surface area contributed by atoms with E-state index in [0.29, 0.717) is 15.7 Å². The molecule has 0 aliphatic rings. The first-order valence-corrected chi connectivity index (χ1v) is 9.18. The van der Waals surface area contributed by atoms with E-state index >= 15 is 0 Å². The summed E-state index contributed by atoms with van der Waals surface area (Å²) in [6, 6.07) is 13.2. The number of anilines is 1. The van der Waals surface area contributed by atoms with Crippen LogP contribution in [0.25, 0.3) is 0 Å². The average Bonchev–Trinajstić information content (AvgIpc) is 2.50. The number of thioether (sulfide) groups is 1. The topological polar surface area (TPSA) is 29.1 Å². The molecule has 2 nitrogen and oxygen atoms in total. The summed E-state index contributed by atoms with van der Waals surface area (Å²) in [4.78, 5) is 12.2. The second-order valence-electron chi connectivity index (χ2n) is 4.67. The Morgan fingerprint density at radius 2 is 1.77 bits per heavy atom. The second-order valence-corrected chi connectivity index (χ2v) is 7.72. The third-order valence-electron chi connectivity index (χ3n) is 2.99. The second kappa shape index (κ2) is 8.25. The molecule has 1 N–H and O–H groups in total. The Morgan fingerprint density at radius 1 is 1.18 bits per heavy atom. The average molecular weight is 419 g/mol. The van der Waals surface area contributed by atoms with E-state index in [2.05, 4.69) is 21.2 Å². The number of amides is 1. The summed E-state index contributed by atoms with van der Waals surface area (Å²) >= 11 is 17.1. The predicted molar refractivity (Wildman–Crippen MR) is 100.0 cm³/mol. The lowest BCUT2D eigenvalue weighted by molar-refractivity contribution is -0.115. The van der Waals surface area contributed by atoms with Crippen LogP contribution in [0.2, 0.25) is 10.0 Å². The van der Waals surface area contributed by atoms with Crippen molar-refractivity contribution in [1.82, 2.24) is 0 Å². The zero-order valence-electron chi connectivity index (χ0n) is 11.8. The van der Waals surface area contributed by atoms with Crippen molar-refractivity contribution in [3.8, 4) is 0 Å². The van der Waals surface area contributed by atoms with Crippen LogP contribution in [0.1, 0.15) is 12.5 Å². The SMILES string of the molecule is CC(SCc1ccc(Br)cc1)C(=O)Nc1c(Cl)cccc1Cl. The fourth-order valence-electron chi connectivity index (χ4n) is 1.72. The van der Waals surface area contributed by atoms with Crippen molar-refractivity contribution in [3.05, 3.63) is 62.5 Å². The van der Waals surface area contributed by atoms with Crippen LogP contribution in [-0.4, -0.2) is 11.2 Å². The molecule has 0 aromatic heterocycles. The molecule has 0 heterocycles. The van der Waals surface area contributed by atoms with Crippen molar-refractivity contribution in [2.24, 2.45) is 0 Å². The molecule has 116 valence electrons. The number of nitrogens with one attached hydrogen (secondary N) is 1. The summed E-state index contributed by atoms with van der Waals surface area (Å²) in [5.74, 6) is 0.648. The molecule has 2 aromatic rings. The van der Waals surface area contributed by atoms with Gasteiger partial charge >= 0.3 is 0 Å². The predicted octanol–water partition coefficient (Wildman–Crippen LogP) is 6.02. The van der Waals surface area contributed by atoms with Crippen LogP contribution in [0.3, 0.4) is 0 Å². The summed E-state index contributed by atoms with van der Waals surface area (Å²) < 4.78 is 1.04. The molecule has 2 aromatic carbocycles. The number of para-hydroxylation sites is 1. The molecular formula is C16H14BrCl2NOS. The van der Waals surface area contributed by atoms with Crippen LogP contribution >= 0.6 is 50.9 Å². The van der Waals surface area contributed by atoms with Crippen molar-refractivity contribution in [2.45, 2.75) is 17.9 Å². The van der Waals surface area contributed by atoms with Gasteiger partial charge in [0.1, 0.15) is 0 Å². The number of carbonyl (C=O) groups excluding carboxylic acids is 1. The van der Waals surface area contributed by atoms with Crippen LogP contribution < -0.4 is 5.32 Å². The molecule has 0 bridgehead atoms. The first kappa shape index (κ1) is 17.7. The highest BCUT2D eigenvalue weighted by Crippen LogP contribution is 2.30. The summed E-state index contributed by atoms with van der Waals surface area (Å²) in [5, 5.41) is 3.45. The first-order chi connectivity index (χ1) is 10.5. The highest BCUT2D eigenvalue weighted by Gasteiger charge is 2.16. The zero-order valence-corrected chi connectivity index (χ0v) is 15.7. The van der Waals surface area contributed by atoms with Crippen LogP contribution in [-0.2, 0) is 10.5 Å². The molecule has 2 rings (SSSR count). The van der Waals surface area contributed by atoms with Gasteiger partial charge in [-0.15, -0.1) is 11.8 Å². The van der Waals surface area contributed by atoms with Gasteiger partial charge in [0.15, 0.2) is 0 Å². The van der Waals surface area contributed by atoms with Crippen LogP contribution in [0.4, 0.5) is 5.69 Å². The third kappa shape index (κ3) is 4.92. The Bertz CT molecular complexity index is 643. The van der Waals surface area contributed by atoms with E-state index in [9.17, 15) is 4.79 Å². The molecule has 1 atom stereocenters. The standard InChI is InChI=1S/C16H14BrCl2NOS/c1-10(22-9-11-5-7-12(17)8-6-11)16(21)20-15-13(18)3-2-4-14(15)19/h2-8,10H,9H2,1H3,(H,20,21). The van der Waals surface area contributed by atoms with E-state index in [4.69, 9.17) is 23.2 Å². The quantitative estimate of drug-likeness (QED) is 0.643. The monoisotopic (exact) mass is 417 g/mol. The summed E-state index contributed by atoms with van der Waals surface area (Å²) in [5.41, 5.74) is 1.63. The molecule has 0 aliphatic carbocycles. The molecule has 0 spiro atoms. The van der Waals surface area contributed by atoms with Gasteiger partial charge in [-0.1, -0.05) is 57.3 Å². The molecular weight excluding hydrogens is 405 g/mol. The van der Waals surface area contributed by atoms with Crippen molar-refractivity contribution < 1.29 is 4.79 Å². The first-order valence-electron chi connectivity index (χ1n) is 6.58. The van der Waals surface area contributed by atoms with E-state index < -0.39 is 0 Å². The Hall–Kier alpha value is -0.680. The minimum absolute atomic E-state index is 0.114. The summed E-state index contributed by atoms with van der Waals surface area (Å²) in [6.45, 7) is 1.86. The zero-order chi connectivity index (χ0) is 16.1. The molecule has 1 amide bonds. The maximum absolute atomic E-state index is 12.2. The maximum Gasteiger partial charge on any atom is 0.237 e. The fourth-order valence-corrected chi connectivity index (χ4v) is 3.32. The smallest absolute Gasteiger partial charge is 0.237 e. The molecule has 0 saturated carbocycles. The minimum Gasteiger partial charge on any atom is -0.323 e.